The van der Waals surface area contributed by atoms with Crippen molar-refractivity contribution in [1.82, 2.24) is 4.90 Å². The minimum absolute atomic E-state index is 0.0104. The maximum Gasteiger partial charge on any atom is 0.303 e. The molecule has 21 heavy (non-hydrogen) atoms. The second-order valence-electron chi connectivity index (χ2n) is 5.25. The number of amides is 1. The molecule has 1 N–H and O–H groups in total. The maximum atomic E-state index is 12.1. The summed E-state index contributed by atoms with van der Waals surface area (Å²) >= 11 is 3.39. The van der Waals surface area contributed by atoms with Crippen LogP contribution in [0.3, 0.4) is 0 Å². The highest BCUT2D eigenvalue weighted by Gasteiger charge is 2.23. The summed E-state index contributed by atoms with van der Waals surface area (Å²) in [4.78, 5) is 24.6. The molecule has 1 aliphatic heterocycles. The van der Waals surface area contributed by atoms with Gasteiger partial charge >= 0.3 is 5.97 Å². The lowest BCUT2D eigenvalue weighted by Crippen LogP contribution is -2.37. The Labute approximate surface area is 132 Å². The van der Waals surface area contributed by atoms with Crippen molar-refractivity contribution >= 4 is 33.9 Å². The molecular formula is C16H18BrNO3. The molecule has 1 aromatic carbocycles. The van der Waals surface area contributed by atoms with Crippen LogP contribution in [-0.4, -0.2) is 35.0 Å². The summed E-state index contributed by atoms with van der Waals surface area (Å²) in [6.45, 7) is 1.28. The lowest BCUT2D eigenvalue weighted by atomic mass is 9.93. The normalized spacial score (nSPS) is 16.3. The minimum atomic E-state index is -0.755. The van der Waals surface area contributed by atoms with E-state index in [4.69, 9.17) is 5.11 Å². The Morgan fingerprint density at radius 2 is 2.05 bits per heavy atom. The average molecular weight is 352 g/mol. The maximum absolute atomic E-state index is 12.1. The van der Waals surface area contributed by atoms with E-state index in [1.165, 1.54) is 0 Å². The highest BCUT2D eigenvalue weighted by molar-refractivity contribution is 9.10. The number of carboxylic acid groups (broad SMARTS) is 1. The molecular weight excluding hydrogens is 334 g/mol. The molecule has 5 heteroatoms. The number of hydrogen-bond acceptors (Lipinski definition) is 2. The van der Waals surface area contributed by atoms with Gasteiger partial charge in [0.25, 0.3) is 0 Å². The second kappa shape index (κ2) is 7.41. The Morgan fingerprint density at radius 1 is 1.33 bits per heavy atom. The SMILES string of the molecule is O=C(O)CC1CCN(C(=O)C=Cc2cccc(Br)c2)CC1. The molecule has 1 fully saturated rings. The highest BCUT2D eigenvalue weighted by atomic mass is 79.9. The molecule has 112 valence electrons. The molecule has 1 amide bonds. The standard InChI is InChI=1S/C16H18BrNO3/c17-14-3-1-2-12(10-14)4-5-15(19)18-8-6-13(7-9-18)11-16(20)21/h1-5,10,13H,6-9,11H2,(H,20,21). The number of carbonyl (C=O) groups excluding carboxylic acids is 1. The third-order valence-electron chi connectivity index (χ3n) is 3.66. The van der Waals surface area contributed by atoms with Gasteiger partial charge in [0.2, 0.25) is 5.91 Å². The van der Waals surface area contributed by atoms with Gasteiger partial charge in [-0.2, -0.15) is 0 Å². The Hall–Kier alpha value is -1.62. The summed E-state index contributed by atoms with van der Waals surface area (Å²) in [5.74, 6) is -0.571. The number of aliphatic carboxylic acids is 1. The fourth-order valence-electron chi connectivity index (χ4n) is 2.49. The number of carbonyl (C=O) groups is 2. The van der Waals surface area contributed by atoms with E-state index >= 15 is 0 Å². The average Bonchev–Trinajstić information content (AvgIpc) is 2.45. The second-order valence-corrected chi connectivity index (χ2v) is 6.17. The van der Waals surface area contributed by atoms with Crippen LogP contribution in [0.5, 0.6) is 0 Å². The van der Waals surface area contributed by atoms with Crippen LogP contribution >= 0.6 is 15.9 Å². The Balaban J connectivity index is 1.86. The van der Waals surface area contributed by atoms with Crippen molar-refractivity contribution in [2.75, 3.05) is 13.1 Å². The molecule has 0 unspecified atom stereocenters. The number of likely N-dealkylation sites (tertiary alicyclic amines) is 1. The van der Waals surface area contributed by atoms with Crippen molar-refractivity contribution in [1.29, 1.82) is 0 Å². The molecule has 0 aromatic heterocycles. The van der Waals surface area contributed by atoms with Crippen LogP contribution in [-0.2, 0) is 9.59 Å². The van der Waals surface area contributed by atoms with Gasteiger partial charge in [0.1, 0.15) is 0 Å². The molecule has 0 atom stereocenters. The van der Waals surface area contributed by atoms with E-state index in [2.05, 4.69) is 15.9 Å². The molecule has 0 bridgehead atoms. The van der Waals surface area contributed by atoms with Crippen molar-refractivity contribution < 1.29 is 14.7 Å². The van der Waals surface area contributed by atoms with Crippen LogP contribution in [0.15, 0.2) is 34.8 Å². The number of benzene rings is 1. The van der Waals surface area contributed by atoms with Gasteiger partial charge in [-0.05, 0) is 42.5 Å². The summed E-state index contributed by atoms with van der Waals surface area (Å²) in [6, 6.07) is 7.74. The smallest absolute Gasteiger partial charge is 0.303 e. The van der Waals surface area contributed by atoms with Gasteiger partial charge in [-0.3, -0.25) is 9.59 Å². The van der Waals surface area contributed by atoms with Crippen molar-refractivity contribution in [3.63, 3.8) is 0 Å². The fraction of sp³-hybridized carbons (Fsp3) is 0.375. The van der Waals surface area contributed by atoms with Crippen LogP contribution in [0.2, 0.25) is 0 Å². The molecule has 1 heterocycles. The fourth-order valence-corrected chi connectivity index (χ4v) is 2.90. The van der Waals surface area contributed by atoms with Crippen molar-refractivity contribution in [2.45, 2.75) is 19.3 Å². The summed E-state index contributed by atoms with van der Waals surface area (Å²) in [5, 5.41) is 8.78. The van der Waals surface area contributed by atoms with Crippen molar-refractivity contribution in [3.05, 3.63) is 40.4 Å². The Morgan fingerprint density at radius 3 is 2.67 bits per heavy atom. The van der Waals surface area contributed by atoms with E-state index < -0.39 is 5.97 Å². The summed E-state index contributed by atoms with van der Waals surface area (Å²) in [5.41, 5.74) is 0.971. The van der Waals surface area contributed by atoms with Gasteiger partial charge in [0, 0.05) is 30.1 Å². The predicted octanol–water partition coefficient (Wildman–Crippen LogP) is 3.18. The monoisotopic (exact) mass is 351 g/mol. The highest BCUT2D eigenvalue weighted by Crippen LogP contribution is 2.21. The van der Waals surface area contributed by atoms with E-state index in [1.54, 1.807) is 17.1 Å². The first-order valence-electron chi connectivity index (χ1n) is 6.99. The van der Waals surface area contributed by atoms with Gasteiger partial charge in [-0.1, -0.05) is 28.1 Å². The molecule has 2 rings (SSSR count). The van der Waals surface area contributed by atoms with Crippen LogP contribution < -0.4 is 0 Å². The van der Waals surface area contributed by atoms with Crippen LogP contribution in [0.25, 0.3) is 6.08 Å². The molecule has 1 aliphatic rings. The topological polar surface area (TPSA) is 57.6 Å². The van der Waals surface area contributed by atoms with Gasteiger partial charge in [0.05, 0.1) is 0 Å². The lowest BCUT2D eigenvalue weighted by Gasteiger charge is -2.30. The van der Waals surface area contributed by atoms with Crippen LogP contribution in [0, 0.1) is 5.92 Å². The molecule has 0 aliphatic carbocycles. The molecule has 4 nitrogen and oxygen atoms in total. The zero-order valence-electron chi connectivity index (χ0n) is 11.7. The van der Waals surface area contributed by atoms with E-state index in [9.17, 15) is 9.59 Å². The summed E-state index contributed by atoms with van der Waals surface area (Å²) < 4.78 is 0.978. The number of piperidine rings is 1. The Kier molecular flexibility index (Phi) is 5.56. The third kappa shape index (κ3) is 5.01. The molecule has 0 saturated carbocycles. The van der Waals surface area contributed by atoms with Gasteiger partial charge in [0.15, 0.2) is 0 Å². The summed E-state index contributed by atoms with van der Waals surface area (Å²) in [6.07, 6.45) is 5.12. The van der Waals surface area contributed by atoms with Gasteiger partial charge < -0.3 is 10.0 Å². The number of rotatable bonds is 4. The number of nitrogens with zero attached hydrogens (tertiary/aromatic N) is 1. The quantitative estimate of drug-likeness (QED) is 0.847. The lowest BCUT2D eigenvalue weighted by molar-refractivity contribution is -0.138. The first-order chi connectivity index (χ1) is 10.0. The van der Waals surface area contributed by atoms with E-state index in [0.717, 1.165) is 22.9 Å². The van der Waals surface area contributed by atoms with E-state index in [-0.39, 0.29) is 18.2 Å². The Bertz CT molecular complexity index is 548. The summed E-state index contributed by atoms with van der Waals surface area (Å²) in [7, 11) is 0. The van der Waals surface area contributed by atoms with Crippen LogP contribution in [0.4, 0.5) is 0 Å². The molecule has 1 aromatic rings. The van der Waals surface area contributed by atoms with Crippen molar-refractivity contribution in [2.24, 2.45) is 5.92 Å². The minimum Gasteiger partial charge on any atom is -0.481 e. The predicted molar refractivity (Wildman–Crippen MR) is 84.7 cm³/mol. The molecule has 0 spiro atoms. The van der Waals surface area contributed by atoms with Crippen molar-refractivity contribution in [3.8, 4) is 0 Å². The zero-order valence-corrected chi connectivity index (χ0v) is 13.3. The molecule has 1 saturated heterocycles. The number of carboxylic acids is 1. The first-order valence-corrected chi connectivity index (χ1v) is 7.78. The van der Waals surface area contributed by atoms with E-state index in [1.807, 2.05) is 24.3 Å². The van der Waals surface area contributed by atoms with Gasteiger partial charge in [-0.15, -0.1) is 0 Å². The van der Waals surface area contributed by atoms with E-state index in [0.29, 0.717) is 13.1 Å². The zero-order chi connectivity index (χ0) is 15.2. The van der Waals surface area contributed by atoms with Crippen LogP contribution in [0.1, 0.15) is 24.8 Å². The molecule has 0 radical (unpaired) electrons. The first kappa shape index (κ1) is 15.8. The third-order valence-corrected chi connectivity index (χ3v) is 4.15. The van der Waals surface area contributed by atoms with Gasteiger partial charge in [-0.25, -0.2) is 0 Å². The number of hydrogen-bond donors (Lipinski definition) is 1. The largest absolute Gasteiger partial charge is 0.481 e. The number of halogens is 1.